The highest BCUT2D eigenvalue weighted by atomic mass is 35.5. The van der Waals surface area contributed by atoms with Gasteiger partial charge in [-0.1, -0.05) is 12.1 Å². The van der Waals surface area contributed by atoms with Crippen molar-refractivity contribution in [3.63, 3.8) is 0 Å². The molecule has 0 aliphatic heterocycles. The van der Waals surface area contributed by atoms with E-state index in [0.717, 1.165) is 17.7 Å². The Hall–Kier alpha value is -1.06. The first kappa shape index (κ1) is 15.3. The van der Waals surface area contributed by atoms with Crippen molar-refractivity contribution in [1.29, 1.82) is 0 Å². The Bertz CT molecular complexity index is 547. The molecule has 2 nitrogen and oxygen atoms in total. The molecule has 0 bridgehead atoms. The van der Waals surface area contributed by atoms with Crippen molar-refractivity contribution in [2.75, 3.05) is 11.8 Å². The topological polar surface area (TPSA) is 17.8 Å². The van der Waals surface area contributed by atoms with Crippen molar-refractivity contribution in [3.05, 3.63) is 53.6 Å². The Labute approximate surface area is 128 Å². The van der Waals surface area contributed by atoms with Gasteiger partial charge in [0.15, 0.2) is 0 Å². The Morgan fingerprint density at radius 1 is 1.20 bits per heavy atom. The normalized spacial score (nSPS) is 11.8. The minimum absolute atomic E-state index is 0.259. The van der Waals surface area contributed by atoms with Crippen molar-refractivity contribution in [1.82, 2.24) is 9.78 Å². The summed E-state index contributed by atoms with van der Waals surface area (Å²) in [6, 6.07) is 6.39. The number of alkyl halides is 2. The van der Waals surface area contributed by atoms with Crippen LogP contribution in [0.1, 0.15) is 18.1 Å². The zero-order valence-electron chi connectivity index (χ0n) is 11.3. The average molecular weight is 315 g/mol. The van der Waals surface area contributed by atoms with Gasteiger partial charge in [-0.2, -0.15) is 5.10 Å². The standard InChI is InChI=1S/C15H17Cl2FN2/c1-2-20-9-12(8-19-20)7-15(10-16,11-17)13-3-5-14(18)6-4-13/h3-6,8-9H,2,7,10-11H2,1H3. The zero-order valence-corrected chi connectivity index (χ0v) is 12.8. The molecular formula is C15H17Cl2FN2. The van der Waals surface area contributed by atoms with Gasteiger partial charge in [0, 0.05) is 29.9 Å². The molecule has 0 aliphatic rings. The van der Waals surface area contributed by atoms with E-state index in [1.165, 1.54) is 12.1 Å². The summed E-state index contributed by atoms with van der Waals surface area (Å²) >= 11 is 12.4. The zero-order chi connectivity index (χ0) is 14.6. The Morgan fingerprint density at radius 2 is 1.85 bits per heavy atom. The number of rotatable bonds is 6. The molecule has 0 atom stereocenters. The molecule has 0 N–H and O–H groups in total. The number of aromatic nitrogens is 2. The molecule has 1 aromatic heterocycles. The van der Waals surface area contributed by atoms with E-state index in [4.69, 9.17) is 23.2 Å². The third-order valence-electron chi connectivity index (χ3n) is 3.52. The van der Waals surface area contributed by atoms with Crippen LogP contribution >= 0.6 is 23.2 Å². The van der Waals surface area contributed by atoms with Crippen LogP contribution in [0.25, 0.3) is 0 Å². The first-order valence-corrected chi connectivity index (χ1v) is 7.60. The number of aryl methyl sites for hydroxylation is 1. The molecule has 5 heteroatoms. The summed E-state index contributed by atoms with van der Waals surface area (Å²) in [5.74, 6) is 0.490. The minimum Gasteiger partial charge on any atom is -0.273 e. The Balaban J connectivity index is 2.31. The van der Waals surface area contributed by atoms with Crippen molar-refractivity contribution in [3.8, 4) is 0 Å². The van der Waals surface area contributed by atoms with E-state index in [9.17, 15) is 4.39 Å². The van der Waals surface area contributed by atoms with Crippen molar-refractivity contribution >= 4 is 23.2 Å². The van der Waals surface area contributed by atoms with Crippen molar-refractivity contribution in [2.24, 2.45) is 0 Å². The van der Waals surface area contributed by atoms with Crippen LogP contribution in [0, 0.1) is 5.82 Å². The number of hydrogen-bond donors (Lipinski definition) is 0. The second-order valence-corrected chi connectivity index (χ2v) is 5.47. The molecule has 0 saturated carbocycles. The molecule has 2 rings (SSSR count). The molecule has 0 saturated heterocycles. The predicted octanol–water partition coefficient (Wildman–Crippen LogP) is 4.00. The molecule has 1 heterocycles. The monoisotopic (exact) mass is 314 g/mol. The van der Waals surface area contributed by atoms with Gasteiger partial charge in [0.05, 0.1) is 6.20 Å². The molecule has 20 heavy (non-hydrogen) atoms. The summed E-state index contributed by atoms with van der Waals surface area (Å²) in [5, 5.41) is 4.27. The van der Waals surface area contributed by atoms with Crippen LogP contribution in [0.3, 0.4) is 0 Å². The molecule has 0 fully saturated rings. The predicted molar refractivity (Wildman–Crippen MR) is 81.1 cm³/mol. The molecule has 2 aromatic rings. The number of halogens is 3. The van der Waals surface area contributed by atoms with Crippen molar-refractivity contribution in [2.45, 2.75) is 25.3 Å². The Morgan fingerprint density at radius 3 is 2.35 bits per heavy atom. The van der Waals surface area contributed by atoms with Gasteiger partial charge < -0.3 is 0 Å². The number of nitrogens with zero attached hydrogens (tertiary/aromatic N) is 2. The maximum absolute atomic E-state index is 13.1. The molecule has 0 spiro atoms. The van der Waals surface area contributed by atoms with Crippen LogP contribution in [0.15, 0.2) is 36.7 Å². The summed E-state index contributed by atoms with van der Waals surface area (Å²) in [6.07, 6.45) is 4.52. The smallest absolute Gasteiger partial charge is 0.123 e. The van der Waals surface area contributed by atoms with E-state index in [1.807, 2.05) is 24.0 Å². The van der Waals surface area contributed by atoms with Crippen LogP contribution in [-0.4, -0.2) is 21.5 Å². The van der Waals surface area contributed by atoms with E-state index in [-0.39, 0.29) is 5.82 Å². The summed E-state index contributed by atoms with van der Waals surface area (Å²) in [7, 11) is 0. The lowest BCUT2D eigenvalue weighted by Crippen LogP contribution is -2.33. The van der Waals surface area contributed by atoms with E-state index < -0.39 is 5.41 Å². The fourth-order valence-corrected chi connectivity index (χ4v) is 3.03. The molecule has 108 valence electrons. The average Bonchev–Trinajstić information content (AvgIpc) is 2.93. The van der Waals surface area contributed by atoms with Gasteiger partial charge in [-0.15, -0.1) is 23.2 Å². The van der Waals surface area contributed by atoms with Crippen LogP contribution < -0.4 is 0 Å². The largest absolute Gasteiger partial charge is 0.273 e. The lowest BCUT2D eigenvalue weighted by atomic mass is 9.79. The molecule has 1 aromatic carbocycles. The fraction of sp³-hybridized carbons (Fsp3) is 0.400. The summed E-state index contributed by atoms with van der Waals surface area (Å²) < 4.78 is 14.9. The third-order valence-corrected chi connectivity index (χ3v) is 4.54. The van der Waals surface area contributed by atoms with E-state index in [2.05, 4.69) is 5.10 Å². The highest BCUT2D eigenvalue weighted by Crippen LogP contribution is 2.31. The van der Waals surface area contributed by atoms with Crippen LogP contribution in [0.4, 0.5) is 4.39 Å². The quantitative estimate of drug-likeness (QED) is 0.737. The lowest BCUT2D eigenvalue weighted by Gasteiger charge is -2.29. The van der Waals surface area contributed by atoms with E-state index in [0.29, 0.717) is 18.2 Å². The molecule has 0 amide bonds. The molecule has 0 aliphatic carbocycles. The first-order valence-electron chi connectivity index (χ1n) is 6.53. The van der Waals surface area contributed by atoms with Crippen molar-refractivity contribution < 1.29 is 4.39 Å². The summed E-state index contributed by atoms with van der Waals surface area (Å²) in [6.45, 7) is 2.86. The van der Waals surface area contributed by atoms with Gasteiger partial charge in [-0.05, 0) is 36.6 Å². The molecule has 0 radical (unpaired) electrons. The summed E-state index contributed by atoms with van der Waals surface area (Å²) in [5.41, 5.74) is 1.63. The third kappa shape index (κ3) is 3.15. The Kier molecular flexibility index (Phi) is 5.06. The van der Waals surface area contributed by atoms with Crippen LogP contribution in [0.2, 0.25) is 0 Å². The van der Waals surface area contributed by atoms with Crippen LogP contribution in [-0.2, 0) is 18.4 Å². The van der Waals surface area contributed by atoms with Gasteiger partial charge in [-0.25, -0.2) is 4.39 Å². The second kappa shape index (κ2) is 6.59. The fourth-order valence-electron chi connectivity index (χ4n) is 2.25. The molecule has 0 unspecified atom stereocenters. The minimum atomic E-state index is -0.404. The van der Waals surface area contributed by atoms with Gasteiger partial charge in [0.1, 0.15) is 5.82 Å². The lowest BCUT2D eigenvalue weighted by molar-refractivity contribution is 0.533. The van der Waals surface area contributed by atoms with E-state index in [1.54, 1.807) is 12.1 Å². The highest BCUT2D eigenvalue weighted by Gasteiger charge is 2.31. The number of benzene rings is 1. The number of hydrogen-bond acceptors (Lipinski definition) is 1. The first-order chi connectivity index (χ1) is 9.63. The second-order valence-electron chi connectivity index (χ2n) is 4.94. The molecular weight excluding hydrogens is 298 g/mol. The van der Waals surface area contributed by atoms with Crippen LogP contribution in [0.5, 0.6) is 0 Å². The maximum Gasteiger partial charge on any atom is 0.123 e. The van der Waals surface area contributed by atoms with E-state index >= 15 is 0 Å². The highest BCUT2D eigenvalue weighted by molar-refractivity contribution is 6.22. The van der Waals surface area contributed by atoms with Gasteiger partial charge in [-0.3, -0.25) is 4.68 Å². The summed E-state index contributed by atoms with van der Waals surface area (Å²) in [4.78, 5) is 0. The van der Waals surface area contributed by atoms with Gasteiger partial charge in [0.25, 0.3) is 0 Å². The van der Waals surface area contributed by atoms with Gasteiger partial charge >= 0.3 is 0 Å². The SMILES string of the molecule is CCn1cc(CC(CCl)(CCl)c2ccc(F)cc2)cn1. The van der Waals surface area contributed by atoms with Gasteiger partial charge in [0.2, 0.25) is 0 Å². The maximum atomic E-state index is 13.1.